The molecule has 0 aliphatic carbocycles. The van der Waals surface area contributed by atoms with E-state index in [0.29, 0.717) is 11.5 Å². The predicted octanol–water partition coefficient (Wildman–Crippen LogP) is 2.39. The van der Waals surface area contributed by atoms with E-state index in [1.807, 2.05) is 19.1 Å². The summed E-state index contributed by atoms with van der Waals surface area (Å²) in [5.74, 6) is 0.590. The third-order valence-electron chi connectivity index (χ3n) is 1.97. The summed E-state index contributed by atoms with van der Waals surface area (Å²) in [6, 6.07) is 5.41. The van der Waals surface area contributed by atoms with Crippen LogP contribution in [0.5, 0.6) is 0 Å². The van der Waals surface area contributed by atoms with Crippen LogP contribution in [0, 0.1) is 13.8 Å². The summed E-state index contributed by atoms with van der Waals surface area (Å²) in [7, 11) is 0. The van der Waals surface area contributed by atoms with Gasteiger partial charge in [0.05, 0.1) is 4.88 Å². The summed E-state index contributed by atoms with van der Waals surface area (Å²) in [5.41, 5.74) is 0.462. The predicted molar refractivity (Wildman–Crippen MR) is 59.3 cm³/mol. The molecule has 0 saturated heterocycles. The molecule has 2 heterocycles. The van der Waals surface area contributed by atoms with Crippen LogP contribution in [0.15, 0.2) is 24.4 Å². The minimum atomic E-state index is -0.0291. The van der Waals surface area contributed by atoms with E-state index in [4.69, 9.17) is 0 Å². The van der Waals surface area contributed by atoms with Crippen LogP contribution >= 0.6 is 11.3 Å². The molecular weight excluding hydrogens is 208 g/mol. The molecule has 0 aliphatic heterocycles. The fraction of sp³-hybridized carbons (Fsp3) is 0.182. The normalized spacial score (nSPS) is 10.3. The Morgan fingerprint density at radius 2 is 2.07 bits per heavy atom. The number of hydrogen-bond acceptors (Lipinski definition) is 4. The van der Waals surface area contributed by atoms with Gasteiger partial charge in [0.25, 0.3) is 0 Å². The Hall–Kier alpha value is -1.55. The Balaban J connectivity index is 2.36. The molecule has 0 unspecified atom stereocenters. The van der Waals surface area contributed by atoms with E-state index in [1.165, 1.54) is 11.3 Å². The maximum Gasteiger partial charge on any atom is 0.221 e. The van der Waals surface area contributed by atoms with Crippen LogP contribution < -0.4 is 0 Å². The zero-order chi connectivity index (χ0) is 10.8. The van der Waals surface area contributed by atoms with Crippen molar-refractivity contribution in [1.82, 2.24) is 9.97 Å². The Morgan fingerprint density at radius 1 is 1.27 bits per heavy atom. The van der Waals surface area contributed by atoms with Crippen molar-refractivity contribution in [3.05, 3.63) is 45.7 Å². The second-order valence-electron chi connectivity index (χ2n) is 3.23. The van der Waals surface area contributed by atoms with Crippen LogP contribution in [0.3, 0.4) is 0 Å². The zero-order valence-electron chi connectivity index (χ0n) is 8.52. The van der Waals surface area contributed by atoms with Crippen molar-refractivity contribution in [1.29, 1.82) is 0 Å². The van der Waals surface area contributed by atoms with Gasteiger partial charge >= 0.3 is 0 Å². The van der Waals surface area contributed by atoms with Gasteiger partial charge in [-0.1, -0.05) is 0 Å². The first-order valence-electron chi connectivity index (χ1n) is 4.57. The van der Waals surface area contributed by atoms with Crippen molar-refractivity contribution in [2.45, 2.75) is 13.8 Å². The van der Waals surface area contributed by atoms with Gasteiger partial charge in [-0.3, -0.25) is 4.79 Å². The average Bonchev–Trinajstić information content (AvgIpc) is 2.64. The summed E-state index contributed by atoms with van der Waals surface area (Å²) >= 11 is 1.49. The molecule has 15 heavy (non-hydrogen) atoms. The lowest BCUT2D eigenvalue weighted by molar-refractivity contribution is 0.103. The summed E-state index contributed by atoms with van der Waals surface area (Å²) < 4.78 is 0. The molecule has 0 radical (unpaired) electrons. The Morgan fingerprint density at radius 3 is 2.67 bits per heavy atom. The Bertz CT molecular complexity index is 505. The van der Waals surface area contributed by atoms with Gasteiger partial charge in [0.2, 0.25) is 5.78 Å². The van der Waals surface area contributed by atoms with Gasteiger partial charge in [0.1, 0.15) is 11.5 Å². The molecule has 0 amide bonds. The van der Waals surface area contributed by atoms with Crippen LogP contribution in [-0.2, 0) is 0 Å². The number of nitrogens with zero attached hydrogens (tertiary/aromatic N) is 2. The Labute approximate surface area is 91.8 Å². The second kappa shape index (κ2) is 3.90. The lowest BCUT2D eigenvalue weighted by Crippen LogP contribution is -2.03. The number of hydrogen-bond donors (Lipinski definition) is 0. The van der Waals surface area contributed by atoms with Gasteiger partial charge in [-0.05, 0) is 32.0 Å². The number of rotatable bonds is 2. The number of carbonyl (C=O) groups excluding carboxylic acids is 1. The molecule has 2 rings (SSSR count). The van der Waals surface area contributed by atoms with E-state index in [-0.39, 0.29) is 5.78 Å². The van der Waals surface area contributed by atoms with Crippen molar-refractivity contribution in [3.8, 4) is 0 Å². The minimum absolute atomic E-state index is 0.0291. The number of ketones is 1. The van der Waals surface area contributed by atoms with E-state index < -0.39 is 0 Å². The van der Waals surface area contributed by atoms with Crippen LogP contribution in [-0.4, -0.2) is 15.8 Å². The van der Waals surface area contributed by atoms with Gasteiger partial charge in [0, 0.05) is 11.1 Å². The molecule has 0 atom stereocenters. The third-order valence-corrected chi connectivity index (χ3v) is 2.97. The smallest absolute Gasteiger partial charge is 0.221 e. The highest BCUT2D eigenvalue weighted by Gasteiger charge is 2.12. The second-order valence-corrected chi connectivity index (χ2v) is 4.52. The number of carbonyl (C=O) groups is 1. The van der Waals surface area contributed by atoms with Crippen molar-refractivity contribution < 1.29 is 4.79 Å². The topological polar surface area (TPSA) is 42.9 Å². The minimum Gasteiger partial charge on any atom is -0.286 e. The number of aryl methyl sites for hydroxylation is 2. The summed E-state index contributed by atoms with van der Waals surface area (Å²) in [6.07, 6.45) is 1.61. The van der Waals surface area contributed by atoms with Gasteiger partial charge in [-0.15, -0.1) is 11.3 Å². The lowest BCUT2D eigenvalue weighted by Gasteiger charge is -1.97. The van der Waals surface area contributed by atoms with Gasteiger partial charge in [-0.2, -0.15) is 0 Å². The highest BCUT2D eigenvalue weighted by Crippen LogP contribution is 2.18. The standard InChI is InChI=1S/C11H10N2OS/c1-7-3-4-10(15-7)11(14)9-5-6-12-8(2)13-9/h3-6H,1-2H3. The molecule has 0 aliphatic rings. The highest BCUT2D eigenvalue weighted by atomic mass is 32.1. The lowest BCUT2D eigenvalue weighted by atomic mass is 10.2. The molecule has 4 heteroatoms. The van der Waals surface area contributed by atoms with E-state index in [1.54, 1.807) is 19.2 Å². The van der Waals surface area contributed by atoms with E-state index >= 15 is 0 Å². The monoisotopic (exact) mass is 218 g/mol. The van der Waals surface area contributed by atoms with Crippen molar-refractivity contribution in [2.24, 2.45) is 0 Å². The van der Waals surface area contributed by atoms with Crippen LogP contribution in [0.4, 0.5) is 0 Å². The van der Waals surface area contributed by atoms with E-state index in [0.717, 1.165) is 9.75 Å². The van der Waals surface area contributed by atoms with Crippen LogP contribution in [0.2, 0.25) is 0 Å². The Kier molecular flexibility index (Phi) is 2.60. The summed E-state index contributed by atoms with van der Waals surface area (Å²) in [5, 5.41) is 0. The molecular formula is C11H10N2OS. The van der Waals surface area contributed by atoms with Gasteiger partial charge in [-0.25, -0.2) is 9.97 Å². The molecule has 0 fully saturated rings. The first-order valence-corrected chi connectivity index (χ1v) is 5.39. The quantitative estimate of drug-likeness (QED) is 0.727. The SMILES string of the molecule is Cc1nccc(C(=O)c2ccc(C)s2)n1. The maximum absolute atomic E-state index is 11.9. The van der Waals surface area contributed by atoms with Crippen molar-refractivity contribution in [2.75, 3.05) is 0 Å². The molecule has 76 valence electrons. The van der Waals surface area contributed by atoms with Gasteiger partial charge in [0.15, 0.2) is 0 Å². The van der Waals surface area contributed by atoms with Gasteiger partial charge < -0.3 is 0 Å². The van der Waals surface area contributed by atoms with E-state index in [2.05, 4.69) is 9.97 Å². The molecule has 0 bridgehead atoms. The molecule has 0 saturated carbocycles. The molecule has 3 nitrogen and oxygen atoms in total. The molecule has 0 aromatic carbocycles. The average molecular weight is 218 g/mol. The largest absolute Gasteiger partial charge is 0.286 e. The summed E-state index contributed by atoms with van der Waals surface area (Å²) in [4.78, 5) is 21.9. The summed E-state index contributed by atoms with van der Waals surface area (Å²) in [6.45, 7) is 3.75. The third kappa shape index (κ3) is 2.10. The molecule has 2 aromatic heterocycles. The molecule has 0 spiro atoms. The van der Waals surface area contributed by atoms with Crippen LogP contribution in [0.25, 0.3) is 0 Å². The molecule has 0 N–H and O–H groups in total. The first-order chi connectivity index (χ1) is 7.16. The number of thiophene rings is 1. The molecule has 2 aromatic rings. The van der Waals surface area contributed by atoms with E-state index in [9.17, 15) is 4.79 Å². The van der Waals surface area contributed by atoms with Crippen LogP contribution in [0.1, 0.15) is 26.1 Å². The first kappa shape index (κ1) is 9.98. The van der Waals surface area contributed by atoms with Crippen molar-refractivity contribution in [3.63, 3.8) is 0 Å². The van der Waals surface area contributed by atoms with Crippen molar-refractivity contribution >= 4 is 17.1 Å². The highest BCUT2D eigenvalue weighted by molar-refractivity contribution is 7.14. The number of aromatic nitrogens is 2. The fourth-order valence-electron chi connectivity index (χ4n) is 1.27. The zero-order valence-corrected chi connectivity index (χ0v) is 9.34. The fourth-order valence-corrected chi connectivity index (χ4v) is 2.08. The maximum atomic E-state index is 11.9.